The van der Waals surface area contributed by atoms with Crippen molar-refractivity contribution in [2.24, 2.45) is 0 Å². The third kappa shape index (κ3) is 45.3. The second kappa shape index (κ2) is 34.9. The lowest BCUT2D eigenvalue weighted by Crippen LogP contribution is -2.07. The van der Waals surface area contributed by atoms with E-state index in [4.69, 9.17) is 29.5 Å². The first-order valence-electron chi connectivity index (χ1n) is 9.38. The fraction of sp³-hybridized carbons (Fsp3) is 1.00. The second-order valence-corrected chi connectivity index (χ2v) is 4.97. The number of aliphatic hydroxyl groups excluding tert-OH is 3. The second-order valence-electron chi connectivity index (χ2n) is 4.97. The molecule has 0 aromatic carbocycles. The van der Waals surface area contributed by atoms with Crippen molar-refractivity contribution in [3.05, 3.63) is 0 Å². The number of hydrogen-bond donors (Lipinski definition) is 3. The topological polar surface area (TPSA) is 97.6 Å². The standard InChI is InChI=1S/C8H18O3.C6H14O.C4H10O3/c1-2-3-5-10-7-8-11-6-4-9;1-3-5-7-6-4-2;5-1-3-7-4-2-6/h9H,2-8H2,1H3;3-6H2,1-2H3;5-6H,1-4H2. The summed E-state index contributed by atoms with van der Waals surface area (Å²) in [5.74, 6) is 0. The van der Waals surface area contributed by atoms with Crippen LogP contribution < -0.4 is 0 Å². The van der Waals surface area contributed by atoms with Gasteiger partial charge < -0.3 is 34.3 Å². The molecular formula is C18H42O7. The van der Waals surface area contributed by atoms with E-state index in [1.807, 2.05) is 0 Å². The fourth-order valence-corrected chi connectivity index (χ4v) is 1.25. The van der Waals surface area contributed by atoms with Crippen LogP contribution in [0.3, 0.4) is 0 Å². The maximum atomic E-state index is 8.34. The summed E-state index contributed by atoms with van der Waals surface area (Å²) in [6.07, 6.45) is 4.55. The van der Waals surface area contributed by atoms with Crippen molar-refractivity contribution in [1.29, 1.82) is 0 Å². The third-order valence-corrected chi connectivity index (χ3v) is 2.42. The lowest BCUT2D eigenvalue weighted by atomic mass is 10.4. The van der Waals surface area contributed by atoms with E-state index < -0.39 is 0 Å². The molecule has 7 nitrogen and oxygen atoms in total. The Morgan fingerprint density at radius 2 is 0.800 bits per heavy atom. The number of rotatable bonds is 16. The highest BCUT2D eigenvalue weighted by Crippen LogP contribution is 1.87. The van der Waals surface area contributed by atoms with Gasteiger partial charge in [-0.15, -0.1) is 0 Å². The lowest BCUT2D eigenvalue weighted by molar-refractivity contribution is 0.0324. The summed E-state index contributed by atoms with van der Waals surface area (Å²) in [5.41, 5.74) is 0. The van der Waals surface area contributed by atoms with E-state index >= 15 is 0 Å². The van der Waals surface area contributed by atoms with Gasteiger partial charge in [-0.25, -0.2) is 0 Å². The molecular weight excluding hydrogens is 328 g/mol. The van der Waals surface area contributed by atoms with E-state index in [1.54, 1.807) is 0 Å². The van der Waals surface area contributed by atoms with Gasteiger partial charge in [-0.3, -0.25) is 0 Å². The number of hydrogen-bond acceptors (Lipinski definition) is 7. The normalized spacial score (nSPS) is 9.84. The van der Waals surface area contributed by atoms with Crippen LogP contribution in [0, 0.1) is 0 Å². The molecule has 25 heavy (non-hydrogen) atoms. The van der Waals surface area contributed by atoms with Crippen LogP contribution in [0.15, 0.2) is 0 Å². The van der Waals surface area contributed by atoms with Crippen molar-refractivity contribution in [1.82, 2.24) is 0 Å². The molecule has 0 fully saturated rings. The molecule has 0 heterocycles. The van der Waals surface area contributed by atoms with Gasteiger partial charge in [0, 0.05) is 19.8 Å². The van der Waals surface area contributed by atoms with Crippen LogP contribution in [-0.4, -0.2) is 88.0 Å². The van der Waals surface area contributed by atoms with Gasteiger partial charge in [-0.05, 0) is 19.3 Å². The molecule has 0 radical (unpaired) electrons. The Labute approximate surface area is 154 Å². The Bertz CT molecular complexity index is 157. The lowest BCUT2D eigenvalue weighted by Gasteiger charge is -2.02. The number of unbranched alkanes of at least 4 members (excludes halogenated alkanes) is 1. The SMILES string of the molecule is CCCCOCCOCCO.CCCOCCC.OCCOCCO. The molecule has 0 aliphatic rings. The molecule has 0 aliphatic carbocycles. The average Bonchev–Trinajstić information content (AvgIpc) is 2.63. The average molecular weight is 371 g/mol. The Kier molecular flexibility index (Phi) is 41.2. The van der Waals surface area contributed by atoms with Crippen LogP contribution in [-0.2, 0) is 18.9 Å². The van der Waals surface area contributed by atoms with Gasteiger partial charge in [0.15, 0.2) is 0 Å². The maximum Gasteiger partial charge on any atom is 0.0701 e. The van der Waals surface area contributed by atoms with Crippen LogP contribution in [0.25, 0.3) is 0 Å². The van der Waals surface area contributed by atoms with Crippen molar-refractivity contribution in [2.75, 3.05) is 72.7 Å². The molecule has 0 unspecified atom stereocenters. The minimum Gasteiger partial charge on any atom is -0.394 e. The van der Waals surface area contributed by atoms with Gasteiger partial charge in [-0.2, -0.15) is 0 Å². The Hall–Kier alpha value is -0.280. The first kappa shape index (κ1) is 29.5. The van der Waals surface area contributed by atoms with E-state index in [-0.39, 0.29) is 19.8 Å². The van der Waals surface area contributed by atoms with Crippen molar-refractivity contribution in [3.63, 3.8) is 0 Å². The molecule has 0 bridgehead atoms. The van der Waals surface area contributed by atoms with Crippen molar-refractivity contribution in [3.8, 4) is 0 Å². The van der Waals surface area contributed by atoms with Crippen molar-refractivity contribution in [2.45, 2.75) is 46.5 Å². The molecule has 3 N–H and O–H groups in total. The Balaban J connectivity index is -0.000000304. The van der Waals surface area contributed by atoms with Gasteiger partial charge >= 0.3 is 0 Å². The maximum absolute atomic E-state index is 8.34. The summed E-state index contributed by atoms with van der Waals surface area (Å²) in [6.45, 7) is 11.5. The van der Waals surface area contributed by atoms with Gasteiger partial charge in [0.1, 0.15) is 0 Å². The molecule has 0 aliphatic heterocycles. The molecule has 0 saturated heterocycles. The van der Waals surface area contributed by atoms with Crippen LogP contribution in [0.5, 0.6) is 0 Å². The molecule has 0 aromatic heterocycles. The summed E-state index contributed by atoms with van der Waals surface area (Å²) in [6, 6.07) is 0. The number of ether oxygens (including phenoxy) is 4. The van der Waals surface area contributed by atoms with Crippen molar-refractivity contribution < 1.29 is 34.3 Å². The highest BCUT2D eigenvalue weighted by Gasteiger charge is 1.87. The zero-order valence-corrected chi connectivity index (χ0v) is 16.6. The minimum atomic E-state index is 0.0278. The van der Waals surface area contributed by atoms with Gasteiger partial charge in [0.25, 0.3) is 0 Å². The fourth-order valence-electron chi connectivity index (χ4n) is 1.25. The van der Waals surface area contributed by atoms with E-state index in [2.05, 4.69) is 25.5 Å². The molecule has 0 amide bonds. The van der Waals surface area contributed by atoms with Gasteiger partial charge in [-0.1, -0.05) is 27.2 Å². The molecule has 156 valence electrons. The predicted octanol–water partition coefficient (Wildman–Crippen LogP) is 1.62. The highest BCUT2D eigenvalue weighted by molar-refractivity contribution is 4.33. The molecule has 0 spiro atoms. The quantitative estimate of drug-likeness (QED) is 0.355. The van der Waals surface area contributed by atoms with E-state index in [9.17, 15) is 0 Å². The predicted molar refractivity (Wildman–Crippen MR) is 100 cm³/mol. The van der Waals surface area contributed by atoms with E-state index in [0.29, 0.717) is 33.0 Å². The smallest absolute Gasteiger partial charge is 0.0701 e. The van der Waals surface area contributed by atoms with Crippen molar-refractivity contribution >= 4 is 0 Å². The van der Waals surface area contributed by atoms with E-state index in [1.165, 1.54) is 0 Å². The largest absolute Gasteiger partial charge is 0.394 e. The van der Waals surface area contributed by atoms with Gasteiger partial charge in [0.05, 0.1) is 52.9 Å². The van der Waals surface area contributed by atoms with E-state index in [0.717, 1.165) is 45.5 Å². The minimum absolute atomic E-state index is 0.0278. The van der Waals surface area contributed by atoms with Crippen LogP contribution in [0.2, 0.25) is 0 Å². The molecule has 0 rings (SSSR count). The zero-order chi connectivity index (χ0) is 19.4. The summed E-state index contributed by atoms with van der Waals surface area (Å²) < 4.78 is 20.0. The van der Waals surface area contributed by atoms with Crippen LogP contribution in [0.4, 0.5) is 0 Å². The molecule has 0 atom stereocenters. The number of aliphatic hydroxyl groups is 3. The molecule has 7 heteroatoms. The first-order valence-corrected chi connectivity index (χ1v) is 9.38. The third-order valence-electron chi connectivity index (χ3n) is 2.42. The van der Waals surface area contributed by atoms with Crippen LogP contribution in [0.1, 0.15) is 46.5 Å². The highest BCUT2D eigenvalue weighted by atomic mass is 16.5. The molecule has 0 aromatic rings. The zero-order valence-electron chi connectivity index (χ0n) is 16.6. The summed E-state index contributed by atoms with van der Waals surface area (Å²) in [7, 11) is 0. The van der Waals surface area contributed by atoms with Crippen LogP contribution >= 0.6 is 0 Å². The Morgan fingerprint density at radius 1 is 0.440 bits per heavy atom. The summed E-state index contributed by atoms with van der Waals surface area (Å²) in [5, 5.41) is 24.5. The summed E-state index contributed by atoms with van der Waals surface area (Å²) >= 11 is 0. The van der Waals surface area contributed by atoms with Gasteiger partial charge in [0.2, 0.25) is 0 Å². The summed E-state index contributed by atoms with van der Waals surface area (Å²) in [4.78, 5) is 0. The monoisotopic (exact) mass is 370 g/mol. The first-order chi connectivity index (χ1) is 12.2. The molecule has 0 saturated carbocycles. The Morgan fingerprint density at radius 3 is 1.16 bits per heavy atom.